The summed E-state index contributed by atoms with van der Waals surface area (Å²) in [5, 5.41) is 7.77. The Balaban J connectivity index is 2.18. The third kappa shape index (κ3) is 2.82. The fourth-order valence-corrected chi connectivity index (χ4v) is 2.00. The molecule has 1 N–H and O–H groups in total. The fraction of sp³-hybridized carbons (Fsp3) is 0.250. The van der Waals surface area contributed by atoms with Gasteiger partial charge in [-0.15, -0.1) is 0 Å². The second-order valence-electron chi connectivity index (χ2n) is 3.51. The van der Waals surface area contributed by atoms with Gasteiger partial charge in [0.1, 0.15) is 0 Å². The number of aromatic nitrogens is 2. The predicted molar refractivity (Wildman–Crippen MR) is 73.7 cm³/mol. The molecule has 0 spiro atoms. The Kier molecular flexibility index (Phi) is 3.95. The monoisotopic (exact) mass is 327 g/mol. The first-order valence-corrected chi connectivity index (χ1v) is 6.38. The van der Waals surface area contributed by atoms with Crippen molar-refractivity contribution in [2.24, 2.45) is 0 Å². The van der Waals surface area contributed by atoms with Crippen molar-refractivity contribution in [1.29, 1.82) is 0 Å². The van der Waals surface area contributed by atoms with E-state index in [-0.39, 0.29) is 0 Å². The lowest BCUT2D eigenvalue weighted by atomic mass is 10.3. The zero-order valence-corrected chi connectivity index (χ0v) is 11.3. The molecule has 0 bridgehead atoms. The molecule has 1 aromatic heterocycles. The normalized spacial score (nSPS) is 10.6. The molecule has 2 aromatic rings. The number of rotatable bonds is 4. The number of benzene rings is 1. The van der Waals surface area contributed by atoms with Crippen molar-refractivity contribution in [3.8, 4) is 5.69 Å². The van der Waals surface area contributed by atoms with Crippen LogP contribution >= 0.6 is 22.6 Å². The third-order valence-corrected chi connectivity index (χ3v) is 2.94. The zero-order valence-electron chi connectivity index (χ0n) is 9.15. The summed E-state index contributed by atoms with van der Waals surface area (Å²) in [7, 11) is 0. The Morgan fingerprint density at radius 2 is 2.25 bits per heavy atom. The summed E-state index contributed by atoms with van der Waals surface area (Å²) in [4.78, 5) is 0. The Labute approximate surface area is 109 Å². The number of hydrogen-bond donors (Lipinski definition) is 1. The van der Waals surface area contributed by atoms with E-state index < -0.39 is 0 Å². The minimum atomic E-state index is 0.827. The molecule has 0 amide bonds. The van der Waals surface area contributed by atoms with Crippen LogP contribution in [0.5, 0.6) is 0 Å². The van der Waals surface area contributed by atoms with Crippen LogP contribution < -0.4 is 5.32 Å². The van der Waals surface area contributed by atoms with Crippen LogP contribution in [0, 0.1) is 3.57 Å². The van der Waals surface area contributed by atoms with E-state index in [1.54, 1.807) is 0 Å². The van der Waals surface area contributed by atoms with Gasteiger partial charge in [-0.2, -0.15) is 5.10 Å². The molecule has 2 rings (SSSR count). The molecule has 0 saturated heterocycles. The Morgan fingerprint density at radius 1 is 1.38 bits per heavy atom. The maximum atomic E-state index is 4.51. The van der Waals surface area contributed by atoms with E-state index in [0.717, 1.165) is 24.5 Å². The molecule has 1 heterocycles. The van der Waals surface area contributed by atoms with E-state index in [1.807, 2.05) is 23.0 Å². The first-order chi connectivity index (χ1) is 7.79. The van der Waals surface area contributed by atoms with Crippen LogP contribution in [0.4, 0.5) is 0 Å². The largest absolute Gasteiger partial charge is 0.311 e. The molecule has 0 unspecified atom stereocenters. The van der Waals surface area contributed by atoms with Gasteiger partial charge >= 0.3 is 0 Å². The van der Waals surface area contributed by atoms with Crippen LogP contribution in [0.2, 0.25) is 0 Å². The number of hydrogen-bond acceptors (Lipinski definition) is 2. The van der Waals surface area contributed by atoms with Gasteiger partial charge in [-0.05, 0) is 53.4 Å². The highest BCUT2D eigenvalue weighted by Crippen LogP contribution is 2.12. The van der Waals surface area contributed by atoms with Crippen molar-refractivity contribution in [1.82, 2.24) is 15.1 Å². The van der Waals surface area contributed by atoms with Crippen molar-refractivity contribution in [3.63, 3.8) is 0 Å². The lowest BCUT2D eigenvalue weighted by Gasteiger charge is -2.01. The summed E-state index contributed by atoms with van der Waals surface area (Å²) in [6, 6.07) is 10.3. The lowest BCUT2D eigenvalue weighted by Crippen LogP contribution is -2.12. The predicted octanol–water partition coefficient (Wildman–Crippen LogP) is 2.59. The zero-order chi connectivity index (χ0) is 11.4. The standard InChI is InChI=1S/C12H14IN3/c1-2-14-9-11-6-7-16(15-11)12-5-3-4-10(13)8-12/h3-8,14H,2,9H2,1H3. The fourth-order valence-electron chi connectivity index (χ4n) is 1.47. The molecule has 0 atom stereocenters. The van der Waals surface area contributed by atoms with E-state index >= 15 is 0 Å². The molecule has 3 nitrogen and oxygen atoms in total. The van der Waals surface area contributed by atoms with Gasteiger partial charge in [0.25, 0.3) is 0 Å². The molecular formula is C12H14IN3. The van der Waals surface area contributed by atoms with E-state index in [0.29, 0.717) is 0 Å². The van der Waals surface area contributed by atoms with Crippen LogP contribution in [-0.2, 0) is 6.54 Å². The molecule has 0 aliphatic heterocycles. The van der Waals surface area contributed by atoms with Crippen molar-refractivity contribution in [3.05, 3.63) is 45.8 Å². The molecule has 1 aromatic carbocycles. The van der Waals surface area contributed by atoms with Crippen LogP contribution in [0.25, 0.3) is 5.69 Å². The second-order valence-corrected chi connectivity index (χ2v) is 4.76. The smallest absolute Gasteiger partial charge is 0.0766 e. The molecule has 4 heteroatoms. The van der Waals surface area contributed by atoms with Gasteiger partial charge in [-0.25, -0.2) is 4.68 Å². The van der Waals surface area contributed by atoms with Gasteiger partial charge < -0.3 is 5.32 Å². The summed E-state index contributed by atoms with van der Waals surface area (Å²) in [5.74, 6) is 0. The molecule has 0 fully saturated rings. The van der Waals surface area contributed by atoms with E-state index in [9.17, 15) is 0 Å². The first kappa shape index (κ1) is 11.6. The highest BCUT2D eigenvalue weighted by molar-refractivity contribution is 14.1. The molecule has 0 radical (unpaired) electrons. The topological polar surface area (TPSA) is 29.9 Å². The van der Waals surface area contributed by atoms with Crippen molar-refractivity contribution >= 4 is 22.6 Å². The Bertz CT molecular complexity index is 465. The summed E-state index contributed by atoms with van der Waals surface area (Å²) in [5.41, 5.74) is 2.18. The van der Waals surface area contributed by atoms with Gasteiger partial charge in [0, 0.05) is 16.3 Å². The van der Waals surface area contributed by atoms with Gasteiger partial charge in [0.15, 0.2) is 0 Å². The molecule has 0 saturated carbocycles. The van der Waals surface area contributed by atoms with Crippen LogP contribution in [0.15, 0.2) is 36.5 Å². The molecular weight excluding hydrogens is 313 g/mol. The Hall–Kier alpha value is -0.880. The summed E-state index contributed by atoms with van der Waals surface area (Å²) in [6.07, 6.45) is 2.00. The van der Waals surface area contributed by atoms with Crippen molar-refractivity contribution < 1.29 is 0 Å². The first-order valence-electron chi connectivity index (χ1n) is 5.31. The summed E-state index contributed by atoms with van der Waals surface area (Å²) in [6.45, 7) is 3.89. The van der Waals surface area contributed by atoms with Gasteiger partial charge in [0.05, 0.1) is 11.4 Å². The summed E-state index contributed by atoms with van der Waals surface area (Å²) >= 11 is 2.31. The highest BCUT2D eigenvalue weighted by Gasteiger charge is 2.00. The summed E-state index contributed by atoms with van der Waals surface area (Å²) < 4.78 is 3.13. The van der Waals surface area contributed by atoms with Crippen molar-refractivity contribution in [2.75, 3.05) is 6.54 Å². The maximum Gasteiger partial charge on any atom is 0.0766 e. The SMILES string of the molecule is CCNCc1ccn(-c2cccc(I)c2)n1. The minimum absolute atomic E-state index is 0.827. The molecule has 84 valence electrons. The van der Waals surface area contributed by atoms with Crippen LogP contribution in [0.3, 0.4) is 0 Å². The van der Waals surface area contributed by atoms with Crippen molar-refractivity contribution in [2.45, 2.75) is 13.5 Å². The number of nitrogens with zero attached hydrogens (tertiary/aromatic N) is 2. The number of nitrogens with one attached hydrogen (secondary N) is 1. The average molecular weight is 327 g/mol. The van der Waals surface area contributed by atoms with E-state index in [2.05, 4.69) is 58.1 Å². The molecule has 16 heavy (non-hydrogen) atoms. The Morgan fingerprint density at radius 3 is 3.00 bits per heavy atom. The molecule has 0 aliphatic rings. The second kappa shape index (κ2) is 5.45. The van der Waals surface area contributed by atoms with Gasteiger partial charge in [-0.1, -0.05) is 13.0 Å². The third-order valence-electron chi connectivity index (χ3n) is 2.27. The minimum Gasteiger partial charge on any atom is -0.311 e. The van der Waals surface area contributed by atoms with E-state index in [1.165, 1.54) is 3.57 Å². The van der Waals surface area contributed by atoms with Crippen LogP contribution in [-0.4, -0.2) is 16.3 Å². The molecule has 0 aliphatic carbocycles. The average Bonchev–Trinajstić information content (AvgIpc) is 2.75. The quantitative estimate of drug-likeness (QED) is 0.875. The lowest BCUT2D eigenvalue weighted by molar-refractivity contribution is 0.696. The van der Waals surface area contributed by atoms with Gasteiger partial charge in [0.2, 0.25) is 0 Å². The highest BCUT2D eigenvalue weighted by atomic mass is 127. The maximum absolute atomic E-state index is 4.51. The van der Waals surface area contributed by atoms with Gasteiger partial charge in [-0.3, -0.25) is 0 Å². The van der Waals surface area contributed by atoms with Crippen LogP contribution in [0.1, 0.15) is 12.6 Å². The number of halogens is 1. The van der Waals surface area contributed by atoms with E-state index in [4.69, 9.17) is 0 Å².